The molecular formula is C31H29FN8O2. The summed E-state index contributed by atoms with van der Waals surface area (Å²) in [4.78, 5) is 36.7. The van der Waals surface area contributed by atoms with Crippen LogP contribution in [0, 0.1) is 18.7 Å². The van der Waals surface area contributed by atoms with Gasteiger partial charge in [-0.15, -0.1) is 0 Å². The topological polar surface area (TPSA) is 111 Å². The molecule has 2 bridgehead atoms. The molecule has 2 aliphatic heterocycles. The number of carbonyl (C=O) groups is 1. The lowest BCUT2D eigenvalue weighted by Gasteiger charge is -2.49. The van der Waals surface area contributed by atoms with Crippen molar-refractivity contribution in [2.24, 2.45) is 13.0 Å². The number of aryl methyl sites for hydroxylation is 2. The lowest BCUT2D eigenvalue weighted by Crippen LogP contribution is -2.53. The summed E-state index contributed by atoms with van der Waals surface area (Å²) in [6, 6.07) is 8.93. The standard InChI is InChI=1S/C31H29FN8O2/c1-4-28(41)40-14-18-5-6-19(40)10-21(18)23-7-8-24-29(37-23)30(35-15-34-24)38-25-9-17(2)27(12-22(25)32)42-20-11-26-31(33-13-20)39(3)16-36-26/h4,7-9,11-13,15-16,18-19,21H,1,5-6,10,14H2,2-3H3,(H,34,35,38)/t18-,19-,21?/m1/s1. The maximum Gasteiger partial charge on any atom is 0.246 e. The van der Waals surface area contributed by atoms with Crippen molar-refractivity contribution in [2.45, 2.75) is 38.1 Å². The number of nitrogens with one attached hydrogen (secondary N) is 1. The van der Waals surface area contributed by atoms with E-state index in [0.717, 1.165) is 36.2 Å². The van der Waals surface area contributed by atoms with Gasteiger partial charge in [-0.05, 0) is 61.9 Å². The summed E-state index contributed by atoms with van der Waals surface area (Å²) in [5.41, 5.74) is 4.58. The third-order valence-electron chi connectivity index (χ3n) is 8.45. The van der Waals surface area contributed by atoms with Gasteiger partial charge < -0.3 is 19.5 Å². The Morgan fingerprint density at radius 3 is 2.83 bits per heavy atom. The number of aromatic nitrogens is 6. The van der Waals surface area contributed by atoms with Gasteiger partial charge in [-0.2, -0.15) is 0 Å². The van der Waals surface area contributed by atoms with Crippen molar-refractivity contribution in [2.75, 3.05) is 11.9 Å². The summed E-state index contributed by atoms with van der Waals surface area (Å²) in [6.07, 6.45) is 9.02. The Morgan fingerprint density at radius 1 is 1.14 bits per heavy atom. The number of halogens is 1. The van der Waals surface area contributed by atoms with Gasteiger partial charge in [-0.1, -0.05) is 6.58 Å². The fourth-order valence-corrected chi connectivity index (χ4v) is 6.29. The Morgan fingerprint density at radius 2 is 2.02 bits per heavy atom. The van der Waals surface area contributed by atoms with E-state index < -0.39 is 5.82 Å². The molecule has 0 radical (unpaired) electrons. The number of fused-ring (bicyclic) bond motifs is 5. The molecule has 4 aromatic heterocycles. The SMILES string of the molecule is C=CC(=O)N1C[C@H]2CC[C@@H]1CC2c1ccc2ncnc(Nc3cc(C)c(Oc4cnc5c(c4)ncn5C)cc3F)c2n1. The molecule has 0 spiro atoms. The number of piperidine rings is 2. The monoisotopic (exact) mass is 564 g/mol. The minimum atomic E-state index is -0.498. The van der Waals surface area contributed by atoms with Crippen LogP contribution in [0.5, 0.6) is 11.5 Å². The van der Waals surface area contributed by atoms with E-state index in [1.54, 1.807) is 24.7 Å². The first-order valence-electron chi connectivity index (χ1n) is 13.9. The molecule has 3 aliphatic rings. The molecule has 3 fully saturated rings. The molecular weight excluding hydrogens is 535 g/mol. The van der Waals surface area contributed by atoms with Crippen LogP contribution < -0.4 is 10.1 Å². The zero-order valence-electron chi connectivity index (χ0n) is 23.3. The van der Waals surface area contributed by atoms with Crippen LogP contribution in [0.25, 0.3) is 22.2 Å². The summed E-state index contributed by atoms with van der Waals surface area (Å²) in [5, 5.41) is 3.13. The second-order valence-corrected chi connectivity index (χ2v) is 11.0. The summed E-state index contributed by atoms with van der Waals surface area (Å²) < 4.78 is 23.2. The first-order valence-corrected chi connectivity index (χ1v) is 13.9. The largest absolute Gasteiger partial charge is 0.455 e. The highest BCUT2D eigenvalue weighted by molar-refractivity contribution is 5.88. The lowest BCUT2D eigenvalue weighted by molar-refractivity contribution is -0.134. The van der Waals surface area contributed by atoms with Crippen molar-refractivity contribution in [3.05, 3.63) is 78.9 Å². The molecule has 1 N–H and O–H groups in total. The number of hydrogen-bond acceptors (Lipinski definition) is 8. The summed E-state index contributed by atoms with van der Waals surface area (Å²) in [5.74, 6) is 1.31. The molecule has 1 unspecified atom stereocenters. The zero-order chi connectivity index (χ0) is 29.0. The third-order valence-corrected chi connectivity index (χ3v) is 8.45. The van der Waals surface area contributed by atoms with E-state index >= 15 is 4.39 Å². The minimum Gasteiger partial charge on any atom is -0.455 e. The van der Waals surface area contributed by atoms with Gasteiger partial charge in [0, 0.05) is 43.4 Å². The normalized spacial score (nSPS) is 19.8. The van der Waals surface area contributed by atoms with Crippen LogP contribution in [-0.4, -0.2) is 52.9 Å². The molecule has 10 nitrogen and oxygen atoms in total. The molecule has 1 saturated carbocycles. The van der Waals surface area contributed by atoms with E-state index in [-0.39, 0.29) is 23.6 Å². The quantitative estimate of drug-likeness (QED) is 0.267. The van der Waals surface area contributed by atoms with Crippen LogP contribution in [0.3, 0.4) is 0 Å². The molecule has 3 atom stereocenters. The van der Waals surface area contributed by atoms with Gasteiger partial charge in [-0.3, -0.25) is 4.79 Å². The second kappa shape index (κ2) is 10.2. The average molecular weight is 565 g/mol. The molecule has 11 heteroatoms. The molecule has 1 aromatic carbocycles. The van der Waals surface area contributed by atoms with Crippen LogP contribution in [-0.2, 0) is 11.8 Å². The molecule has 2 saturated heterocycles. The molecule has 42 heavy (non-hydrogen) atoms. The van der Waals surface area contributed by atoms with Crippen LogP contribution in [0.2, 0.25) is 0 Å². The van der Waals surface area contributed by atoms with E-state index in [1.807, 2.05) is 35.6 Å². The van der Waals surface area contributed by atoms with Gasteiger partial charge in [0.25, 0.3) is 0 Å². The molecule has 212 valence electrons. The number of imidazole rings is 1. The fourth-order valence-electron chi connectivity index (χ4n) is 6.29. The van der Waals surface area contributed by atoms with Crippen LogP contribution in [0.1, 0.15) is 36.4 Å². The summed E-state index contributed by atoms with van der Waals surface area (Å²) in [6.45, 7) is 6.21. The maximum atomic E-state index is 15.4. The molecule has 8 rings (SSSR count). The number of nitrogens with zero attached hydrogens (tertiary/aromatic N) is 7. The van der Waals surface area contributed by atoms with Crippen molar-refractivity contribution in [3.63, 3.8) is 0 Å². The Hall–Kier alpha value is -4.93. The summed E-state index contributed by atoms with van der Waals surface area (Å²) in [7, 11) is 1.87. The minimum absolute atomic E-state index is 0.00539. The van der Waals surface area contributed by atoms with E-state index in [0.29, 0.717) is 46.3 Å². The van der Waals surface area contributed by atoms with Crippen LogP contribution >= 0.6 is 0 Å². The Bertz CT molecular complexity index is 1870. The van der Waals surface area contributed by atoms with E-state index in [1.165, 1.54) is 18.5 Å². The van der Waals surface area contributed by atoms with Gasteiger partial charge in [0.15, 0.2) is 11.5 Å². The number of pyridine rings is 2. The van der Waals surface area contributed by atoms with Gasteiger partial charge in [0.1, 0.15) is 34.7 Å². The van der Waals surface area contributed by atoms with Crippen molar-refractivity contribution in [1.82, 2.24) is 34.4 Å². The number of rotatable bonds is 6. The van der Waals surface area contributed by atoms with Gasteiger partial charge in [0.05, 0.1) is 23.7 Å². The molecule has 1 aliphatic carbocycles. The molecule has 6 heterocycles. The highest BCUT2D eigenvalue weighted by atomic mass is 19.1. The Kier molecular flexibility index (Phi) is 6.29. The zero-order valence-corrected chi connectivity index (χ0v) is 23.3. The lowest BCUT2D eigenvalue weighted by atomic mass is 9.70. The van der Waals surface area contributed by atoms with E-state index in [4.69, 9.17) is 9.72 Å². The highest BCUT2D eigenvalue weighted by Gasteiger charge is 2.42. The smallest absolute Gasteiger partial charge is 0.246 e. The van der Waals surface area contributed by atoms with E-state index in [2.05, 4.69) is 31.8 Å². The van der Waals surface area contributed by atoms with Gasteiger partial charge in [-0.25, -0.2) is 29.3 Å². The highest BCUT2D eigenvalue weighted by Crippen LogP contribution is 2.45. The predicted octanol–water partition coefficient (Wildman–Crippen LogP) is 5.57. The van der Waals surface area contributed by atoms with Crippen LogP contribution in [0.15, 0.2) is 61.8 Å². The van der Waals surface area contributed by atoms with Crippen molar-refractivity contribution < 1.29 is 13.9 Å². The van der Waals surface area contributed by atoms with Gasteiger partial charge >= 0.3 is 0 Å². The predicted molar refractivity (Wildman–Crippen MR) is 156 cm³/mol. The fraction of sp³-hybridized carbons (Fsp3) is 0.290. The van der Waals surface area contributed by atoms with Crippen molar-refractivity contribution in [3.8, 4) is 11.5 Å². The van der Waals surface area contributed by atoms with Crippen LogP contribution in [0.4, 0.5) is 15.9 Å². The maximum absolute atomic E-state index is 15.4. The second-order valence-electron chi connectivity index (χ2n) is 11.0. The molecule has 5 aromatic rings. The van der Waals surface area contributed by atoms with Crippen molar-refractivity contribution >= 4 is 39.6 Å². The Balaban J connectivity index is 1.15. The average Bonchev–Trinajstić information content (AvgIpc) is 3.38. The van der Waals surface area contributed by atoms with E-state index in [9.17, 15) is 4.79 Å². The third kappa shape index (κ3) is 4.50. The number of anilines is 2. The number of hydrogen-bond donors (Lipinski definition) is 1. The first kappa shape index (κ1) is 26.0. The number of carbonyl (C=O) groups excluding carboxylic acids is 1. The first-order chi connectivity index (χ1) is 20.4. The number of benzene rings is 1. The Labute approximate surface area is 241 Å². The number of amides is 1. The number of ether oxygens (including phenoxy) is 1. The van der Waals surface area contributed by atoms with Gasteiger partial charge in [0.2, 0.25) is 5.91 Å². The van der Waals surface area contributed by atoms with Crippen molar-refractivity contribution in [1.29, 1.82) is 0 Å². The summed E-state index contributed by atoms with van der Waals surface area (Å²) >= 11 is 0. The molecule has 1 amide bonds.